The molecule has 0 N–H and O–H groups in total. The second-order valence-electron chi connectivity index (χ2n) is 41.1. The van der Waals surface area contributed by atoms with Crippen molar-refractivity contribution in [2.24, 2.45) is 0 Å². The zero-order valence-corrected chi connectivity index (χ0v) is 82.3. The number of para-hydroxylation sites is 4. The fourth-order valence-electron chi connectivity index (χ4n) is 24.9. The molecule has 6 heteroatoms. The fraction of sp³-hybridized carbons (Fsp3) is 0.0638. The van der Waals surface area contributed by atoms with Gasteiger partial charge in [-0.15, -0.1) is 0 Å². The van der Waals surface area contributed by atoms with Crippen molar-refractivity contribution in [3.63, 3.8) is 0 Å². The van der Waals surface area contributed by atoms with Gasteiger partial charge in [0.25, 0.3) is 0 Å². The lowest BCUT2D eigenvalue weighted by Crippen LogP contribution is -2.17. The summed E-state index contributed by atoms with van der Waals surface area (Å²) in [5.74, 6) is 0. The van der Waals surface area contributed by atoms with E-state index in [1.54, 1.807) is 0 Å². The number of rotatable bonds is 12. The summed E-state index contributed by atoms with van der Waals surface area (Å²) in [6.45, 7) is 14.1. The lowest BCUT2D eigenvalue weighted by Gasteiger charge is -2.30. The summed E-state index contributed by atoms with van der Waals surface area (Å²) in [5, 5.41) is 21.5. The monoisotopic (exact) mass is 1880 g/mol. The van der Waals surface area contributed by atoms with Crippen LogP contribution >= 0.6 is 0 Å². The Morgan fingerprint density at radius 1 is 0.156 bits per heavy atom. The SMILES string of the molecule is CC1(C)c2ccccc2-c2ccc(N(c3ccc(-c4cccc5ccccc45)cc3)c3cccc4c3oc3ccc5ccccc5c34)cc21.CC1(C)c2ccccc2-c2ccc(N(c3cccc(-c4cccc5ccccc45)c3)c3cccc4c3oc3ccc5ccccc5c34)cc21.CC1(C)c2ccccc2-c2ccc(N(c3ccccc3-c3cccc4ccccc34)c3cccc4c3oc3ccc5ccccc5c34)cc21. The first-order valence-electron chi connectivity index (χ1n) is 51.1. The minimum Gasteiger partial charge on any atom is -0.454 e. The highest BCUT2D eigenvalue weighted by molar-refractivity contribution is 6.24. The Morgan fingerprint density at radius 2 is 0.422 bits per heavy atom. The summed E-state index contributed by atoms with van der Waals surface area (Å²) in [7, 11) is 0. The Labute approximate surface area is 852 Å². The molecule has 3 aliphatic carbocycles. The van der Waals surface area contributed by atoms with E-state index in [0.29, 0.717) is 0 Å². The van der Waals surface area contributed by atoms with E-state index in [9.17, 15) is 0 Å². The quantitative estimate of drug-likeness (QED) is 0.121. The van der Waals surface area contributed by atoms with Gasteiger partial charge < -0.3 is 28.0 Å². The molecule has 0 fully saturated rings. The summed E-state index contributed by atoms with van der Waals surface area (Å²) in [6, 6.07) is 178. The summed E-state index contributed by atoms with van der Waals surface area (Å²) < 4.78 is 20.5. The first kappa shape index (κ1) is 86.5. The molecule has 3 aliphatic rings. The highest BCUT2D eigenvalue weighted by atomic mass is 16.3. The second kappa shape index (κ2) is 33.9. The van der Waals surface area contributed by atoms with Crippen LogP contribution in [-0.2, 0) is 16.2 Å². The number of hydrogen-bond acceptors (Lipinski definition) is 6. The molecule has 147 heavy (non-hydrogen) atoms. The Morgan fingerprint density at radius 3 is 0.837 bits per heavy atom. The van der Waals surface area contributed by atoms with Gasteiger partial charge in [-0.2, -0.15) is 0 Å². The molecule has 0 unspecified atom stereocenters. The fourth-order valence-corrected chi connectivity index (χ4v) is 24.9. The van der Waals surface area contributed by atoms with Crippen LogP contribution in [0.1, 0.15) is 74.9 Å². The van der Waals surface area contributed by atoms with Crippen LogP contribution < -0.4 is 14.7 Å². The minimum atomic E-state index is -0.132. The zero-order chi connectivity index (χ0) is 98.1. The molecule has 0 aliphatic heterocycles. The van der Waals surface area contributed by atoms with Crippen molar-refractivity contribution in [1.29, 1.82) is 0 Å². The van der Waals surface area contributed by atoms with Crippen molar-refractivity contribution in [1.82, 2.24) is 0 Å². The average molecular weight is 1880 g/mol. The third kappa shape index (κ3) is 13.8. The third-order valence-corrected chi connectivity index (χ3v) is 32.0. The van der Waals surface area contributed by atoms with Gasteiger partial charge in [-0.05, 0) is 262 Å². The van der Waals surface area contributed by atoms with Crippen molar-refractivity contribution in [3.8, 4) is 66.8 Å². The van der Waals surface area contributed by atoms with E-state index in [-0.39, 0.29) is 16.2 Å². The molecule has 0 saturated carbocycles. The zero-order valence-electron chi connectivity index (χ0n) is 82.3. The molecule has 0 amide bonds. The van der Waals surface area contributed by atoms with E-state index in [1.165, 1.54) is 165 Å². The van der Waals surface area contributed by atoms with Crippen LogP contribution in [0.3, 0.4) is 0 Å². The predicted molar refractivity (Wildman–Crippen MR) is 619 cm³/mol. The van der Waals surface area contributed by atoms with Gasteiger partial charge in [0.05, 0.1) is 22.7 Å². The van der Waals surface area contributed by atoms with Crippen molar-refractivity contribution in [2.75, 3.05) is 14.7 Å². The van der Waals surface area contributed by atoms with Gasteiger partial charge in [0, 0.05) is 82.6 Å². The molecular formula is C141H99N3O3. The maximum Gasteiger partial charge on any atom is 0.159 e. The summed E-state index contributed by atoms with van der Waals surface area (Å²) >= 11 is 0. The third-order valence-electron chi connectivity index (χ3n) is 32.0. The van der Waals surface area contributed by atoms with Crippen molar-refractivity contribution >= 4 is 182 Å². The first-order chi connectivity index (χ1) is 72.2. The van der Waals surface area contributed by atoms with E-state index in [1.807, 2.05) is 0 Å². The van der Waals surface area contributed by atoms with Gasteiger partial charge in [0.2, 0.25) is 0 Å². The summed E-state index contributed by atoms with van der Waals surface area (Å²) in [4.78, 5) is 7.18. The van der Waals surface area contributed by atoms with Gasteiger partial charge >= 0.3 is 0 Å². The second-order valence-corrected chi connectivity index (χ2v) is 41.1. The highest BCUT2D eigenvalue weighted by Crippen LogP contribution is 2.58. The lowest BCUT2D eigenvalue weighted by molar-refractivity contribution is 0.660. The van der Waals surface area contributed by atoms with Crippen LogP contribution in [0, 0.1) is 0 Å². The summed E-state index contributed by atoms with van der Waals surface area (Å²) in [5.41, 5.74) is 37.8. The summed E-state index contributed by atoms with van der Waals surface area (Å²) in [6.07, 6.45) is 0. The Kier molecular flexibility index (Phi) is 20.0. The predicted octanol–water partition coefficient (Wildman–Crippen LogP) is 40.0. The number of benzene rings is 24. The van der Waals surface area contributed by atoms with Crippen LogP contribution in [0.4, 0.5) is 51.2 Å². The van der Waals surface area contributed by atoms with E-state index < -0.39 is 0 Å². The van der Waals surface area contributed by atoms with Gasteiger partial charge in [0.15, 0.2) is 16.7 Å². The molecule has 0 saturated heterocycles. The number of anilines is 9. The van der Waals surface area contributed by atoms with E-state index in [2.05, 4.69) is 548 Å². The van der Waals surface area contributed by atoms with Crippen LogP contribution in [0.2, 0.25) is 0 Å². The maximum atomic E-state index is 6.87. The highest BCUT2D eigenvalue weighted by Gasteiger charge is 2.41. The molecule has 3 aromatic heterocycles. The molecule has 6 nitrogen and oxygen atoms in total. The minimum absolute atomic E-state index is 0.115. The van der Waals surface area contributed by atoms with Crippen LogP contribution in [-0.4, -0.2) is 0 Å². The molecule has 3 heterocycles. The smallest absolute Gasteiger partial charge is 0.159 e. The van der Waals surface area contributed by atoms with Gasteiger partial charge in [-0.3, -0.25) is 0 Å². The van der Waals surface area contributed by atoms with Crippen LogP contribution in [0.25, 0.3) is 197 Å². The molecule has 0 atom stereocenters. The number of nitrogens with zero attached hydrogens (tertiary/aromatic N) is 3. The molecule has 0 bridgehead atoms. The molecular weight excluding hydrogens is 1780 g/mol. The number of hydrogen-bond donors (Lipinski definition) is 0. The molecule has 0 spiro atoms. The Bertz CT molecular complexity index is 10100. The largest absolute Gasteiger partial charge is 0.454 e. The van der Waals surface area contributed by atoms with Crippen molar-refractivity contribution in [3.05, 3.63) is 525 Å². The Balaban J connectivity index is 0.000000107. The van der Waals surface area contributed by atoms with Crippen LogP contribution in [0.15, 0.2) is 505 Å². The van der Waals surface area contributed by atoms with Gasteiger partial charge in [-0.1, -0.05) is 430 Å². The van der Waals surface area contributed by atoms with E-state index in [0.717, 1.165) is 117 Å². The molecule has 27 aromatic rings. The lowest BCUT2D eigenvalue weighted by atomic mass is 9.82. The number of fused-ring (bicyclic) bond motifs is 27. The van der Waals surface area contributed by atoms with Crippen LogP contribution in [0.5, 0.6) is 0 Å². The molecule has 0 radical (unpaired) electrons. The van der Waals surface area contributed by atoms with E-state index >= 15 is 0 Å². The molecule has 30 rings (SSSR count). The van der Waals surface area contributed by atoms with Crippen molar-refractivity contribution < 1.29 is 13.3 Å². The van der Waals surface area contributed by atoms with Gasteiger partial charge in [-0.25, -0.2) is 0 Å². The molecule has 24 aromatic carbocycles. The van der Waals surface area contributed by atoms with Crippen molar-refractivity contribution in [2.45, 2.75) is 57.8 Å². The van der Waals surface area contributed by atoms with E-state index in [4.69, 9.17) is 13.3 Å². The van der Waals surface area contributed by atoms with Gasteiger partial charge in [0.1, 0.15) is 16.7 Å². The molecule has 696 valence electrons. The normalized spacial score (nSPS) is 13.3. The average Bonchev–Trinajstić information content (AvgIpc) is 1.57. The maximum absolute atomic E-state index is 6.87. The standard InChI is InChI=1S/3C47H33NO/c1-47(2)40-22-9-7-18-36(40)37-27-26-32(29-41(37)47)48(42-23-10-8-19-38(42)35-20-11-15-30-13-3-5-16-33(30)35)43-24-12-21-39-45-34-17-6-4-14-31(34)25-28-44(45)49-46(39)43;1-47(2)41-22-8-7-19-38(41)39-26-25-34(29-42(39)47)48(33-16-9-15-32(28-33)36-20-10-14-30-12-3-5-17-35(30)36)43-23-11-21-40-45-37-18-6-4-13-31(37)24-27-44(45)49-46(40)43;1-47(2)41-19-8-7-16-38(41)39-27-26-34(29-42(39)47)48(33-24-21-32(22-25-33)36-17-9-13-30-11-3-5-14-35(30)36)43-20-10-18-40-45-37-15-6-4-12-31(37)23-28-44(45)49-46(40)43/h3*3-29H,1-2H3. The topological polar surface area (TPSA) is 49.1 Å². The number of furan rings is 3. The first-order valence-corrected chi connectivity index (χ1v) is 51.1. The Hall–Kier alpha value is -18.4.